The molecule has 27 heavy (non-hydrogen) atoms. The maximum absolute atomic E-state index is 12.3. The molecule has 0 radical (unpaired) electrons. The number of benzene rings is 1. The van der Waals surface area contributed by atoms with Crippen LogP contribution in [0.4, 0.5) is 0 Å². The van der Waals surface area contributed by atoms with Crippen molar-refractivity contribution in [2.75, 3.05) is 0 Å². The van der Waals surface area contributed by atoms with E-state index in [1.807, 2.05) is 49.1 Å². The van der Waals surface area contributed by atoms with Gasteiger partial charge in [-0.1, -0.05) is 29.8 Å². The average Bonchev–Trinajstić information content (AvgIpc) is 3.22. The number of amides is 1. The predicted octanol–water partition coefficient (Wildman–Crippen LogP) is 1.97. The van der Waals surface area contributed by atoms with Crippen molar-refractivity contribution < 1.29 is 4.79 Å². The fourth-order valence-corrected chi connectivity index (χ4v) is 3.64. The lowest BCUT2D eigenvalue weighted by Gasteiger charge is -2.35. The van der Waals surface area contributed by atoms with Crippen LogP contribution in [-0.4, -0.2) is 36.5 Å². The van der Waals surface area contributed by atoms with Gasteiger partial charge in [-0.3, -0.25) is 9.48 Å². The summed E-state index contributed by atoms with van der Waals surface area (Å²) in [4.78, 5) is 12.3. The number of aryl methyl sites for hydroxylation is 1. The second kappa shape index (κ2) is 7.34. The van der Waals surface area contributed by atoms with Crippen molar-refractivity contribution >= 4 is 5.91 Å². The largest absolute Gasteiger partial charge is 0.353 e. The van der Waals surface area contributed by atoms with Crippen LogP contribution in [0.2, 0.25) is 0 Å². The Bertz CT molecular complexity index is 924. The standard InChI is InChI=1S/C20H24N6O/c1-14-5-3-6-15(9-14)10-19(27)22-17-11-16(12-17)20-24-23-18(25(20)2)13-26-8-4-7-21-26/h3-9,16-17H,10-13H2,1-2H3,(H,22,27). The molecule has 0 bridgehead atoms. The second-order valence-electron chi connectivity index (χ2n) is 7.34. The minimum atomic E-state index is 0.0846. The van der Waals surface area contributed by atoms with Crippen molar-refractivity contribution in [1.29, 1.82) is 0 Å². The molecule has 1 N–H and O–H groups in total. The molecule has 2 heterocycles. The van der Waals surface area contributed by atoms with Crippen LogP contribution >= 0.6 is 0 Å². The van der Waals surface area contributed by atoms with Crippen LogP contribution in [0.3, 0.4) is 0 Å². The van der Waals surface area contributed by atoms with Crippen LogP contribution in [0.15, 0.2) is 42.7 Å². The van der Waals surface area contributed by atoms with Crippen molar-refractivity contribution in [3.8, 4) is 0 Å². The zero-order valence-electron chi connectivity index (χ0n) is 15.7. The molecule has 1 aliphatic carbocycles. The first-order valence-corrected chi connectivity index (χ1v) is 9.29. The van der Waals surface area contributed by atoms with E-state index in [2.05, 4.69) is 31.2 Å². The number of nitrogens with one attached hydrogen (secondary N) is 1. The normalized spacial score (nSPS) is 18.9. The van der Waals surface area contributed by atoms with E-state index < -0.39 is 0 Å². The summed E-state index contributed by atoms with van der Waals surface area (Å²) in [6.45, 7) is 2.65. The van der Waals surface area contributed by atoms with Crippen LogP contribution in [0.1, 0.15) is 41.5 Å². The molecule has 1 amide bonds. The van der Waals surface area contributed by atoms with E-state index in [1.54, 1.807) is 6.20 Å². The molecule has 0 spiro atoms. The van der Waals surface area contributed by atoms with E-state index in [4.69, 9.17) is 0 Å². The monoisotopic (exact) mass is 364 g/mol. The number of rotatable bonds is 6. The van der Waals surface area contributed by atoms with Gasteiger partial charge in [-0.15, -0.1) is 10.2 Å². The van der Waals surface area contributed by atoms with Crippen molar-refractivity contribution in [3.05, 3.63) is 65.5 Å². The summed E-state index contributed by atoms with van der Waals surface area (Å²) in [7, 11) is 2.00. The summed E-state index contributed by atoms with van der Waals surface area (Å²) in [6, 6.07) is 10.2. The van der Waals surface area contributed by atoms with Gasteiger partial charge in [0.05, 0.1) is 6.42 Å². The van der Waals surface area contributed by atoms with Crippen LogP contribution in [0.5, 0.6) is 0 Å². The summed E-state index contributed by atoms with van der Waals surface area (Å²) < 4.78 is 3.89. The minimum absolute atomic E-state index is 0.0846. The Morgan fingerprint density at radius 2 is 2.11 bits per heavy atom. The van der Waals surface area contributed by atoms with E-state index >= 15 is 0 Å². The van der Waals surface area contributed by atoms with Gasteiger partial charge in [0.1, 0.15) is 12.4 Å². The van der Waals surface area contributed by atoms with Crippen LogP contribution in [-0.2, 0) is 24.8 Å². The van der Waals surface area contributed by atoms with Gasteiger partial charge in [0, 0.05) is 31.4 Å². The molecule has 0 atom stereocenters. The van der Waals surface area contributed by atoms with E-state index in [-0.39, 0.29) is 11.9 Å². The molecule has 0 aliphatic heterocycles. The molecule has 7 heteroatoms. The number of hydrogen-bond donors (Lipinski definition) is 1. The number of carbonyl (C=O) groups is 1. The van der Waals surface area contributed by atoms with Gasteiger partial charge in [-0.05, 0) is 31.4 Å². The maximum Gasteiger partial charge on any atom is 0.224 e. The van der Waals surface area contributed by atoms with Gasteiger partial charge >= 0.3 is 0 Å². The van der Waals surface area contributed by atoms with Crippen LogP contribution < -0.4 is 5.32 Å². The third kappa shape index (κ3) is 3.92. The quantitative estimate of drug-likeness (QED) is 0.725. The Labute approximate surface area is 158 Å². The molecule has 0 unspecified atom stereocenters. The lowest BCUT2D eigenvalue weighted by molar-refractivity contribution is -0.121. The van der Waals surface area contributed by atoms with Gasteiger partial charge in [-0.25, -0.2) is 0 Å². The van der Waals surface area contributed by atoms with Gasteiger partial charge in [-0.2, -0.15) is 5.10 Å². The van der Waals surface area contributed by atoms with Crippen molar-refractivity contribution in [3.63, 3.8) is 0 Å². The smallest absolute Gasteiger partial charge is 0.224 e. The Hall–Kier alpha value is -2.96. The molecule has 1 saturated carbocycles. The van der Waals surface area contributed by atoms with E-state index in [0.717, 1.165) is 30.1 Å². The molecule has 4 rings (SSSR count). The summed E-state index contributed by atoms with van der Waals surface area (Å²) in [5.41, 5.74) is 2.23. The highest BCUT2D eigenvalue weighted by molar-refractivity contribution is 5.79. The SMILES string of the molecule is Cc1cccc(CC(=O)NC2CC(c3nnc(Cn4cccn4)n3C)C2)c1. The topological polar surface area (TPSA) is 77.6 Å². The van der Waals surface area contributed by atoms with Gasteiger partial charge in [0.2, 0.25) is 5.91 Å². The second-order valence-corrected chi connectivity index (χ2v) is 7.34. The summed E-state index contributed by atoms with van der Waals surface area (Å²) in [6.07, 6.45) is 5.92. The first kappa shape index (κ1) is 17.5. The minimum Gasteiger partial charge on any atom is -0.353 e. The average molecular weight is 364 g/mol. The number of aromatic nitrogens is 5. The molecular formula is C20H24N6O. The molecular weight excluding hydrogens is 340 g/mol. The number of carbonyl (C=O) groups excluding carboxylic acids is 1. The van der Waals surface area contributed by atoms with Crippen LogP contribution in [0.25, 0.3) is 0 Å². The van der Waals surface area contributed by atoms with Gasteiger partial charge in [0.25, 0.3) is 0 Å². The van der Waals surface area contributed by atoms with Crippen molar-refractivity contribution in [2.24, 2.45) is 7.05 Å². The Balaban J connectivity index is 1.29. The first-order valence-electron chi connectivity index (χ1n) is 9.29. The molecule has 2 aromatic heterocycles. The zero-order valence-corrected chi connectivity index (χ0v) is 15.7. The van der Waals surface area contributed by atoms with Gasteiger partial charge in [0.15, 0.2) is 5.82 Å². The van der Waals surface area contributed by atoms with Gasteiger partial charge < -0.3 is 9.88 Å². The van der Waals surface area contributed by atoms with Crippen molar-refractivity contribution in [2.45, 2.75) is 44.7 Å². The Morgan fingerprint density at radius 1 is 1.26 bits per heavy atom. The molecule has 1 aliphatic rings. The fraction of sp³-hybridized carbons (Fsp3) is 0.400. The van der Waals surface area contributed by atoms with E-state index in [9.17, 15) is 4.79 Å². The van der Waals surface area contributed by atoms with E-state index in [1.165, 1.54) is 5.56 Å². The van der Waals surface area contributed by atoms with Crippen molar-refractivity contribution in [1.82, 2.24) is 29.9 Å². The summed E-state index contributed by atoms with van der Waals surface area (Å²) in [5, 5.41) is 16.0. The molecule has 3 aromatic rings. The molecule has 140 valence electrons. The van der Waals surface area contributed by atoms with E-state index in [0.29, 0.717) is 18.9 Å². The Kier molecular flexibility index (Phi) is 4.75. The first-order chi connectivity index (χ1) is 13.1. The number of hydrogen-bond acceptors (Lipinski definition) is 4. The highest BCUT2D eigenvalue weighted by Gasteiger charge is 2.34. The Morgan fingerprint density at radius 3 is 2.85 bits per heavy atom. The highest BCUT2D eigenvalue weighted by atomic mass is 16.1. The van der Waals surface area contributed by atoms with Crippen LogP contribution in [0, 0.1) is 6.92 Å². The third-order valence-corrected chi connectivity index (χ3v) is 5.18. The number of nitrogens with zero attached hydrogens (tertiary/aromatic N) is 5. The highest BCUT2D eigenvalue weighted by Crippen LogP contribution is 2.35. The molecule has 1 aromatic carbocycles. The molecule has 1 fully saturated rings. The summed E-state index contributed by atoms with van der Waals surface area (Å²) in [5.74, 6) is 2.31. The molecule has 0 saturated heterocycles. The lowest BCUT2D eigenvalue weighted by Crippen LogP contribution is -2.44. The fourth-order valence-electron chi connectivity index (χ4n) is 3.64. The zero-order chi connectivity index (χ0) is 18.8. The predicted molar refractivity (Wildman–Crippen MR) is 101 cm³/mol. The molecule has 7 nitrogen and oxygen atoms in total. The maximum atomic E-state index is 12.3. The summed E-state index contributed by atoms with van der Waals surface area (Å²) >= 11 is 0. The lowest BCUT2D eigenvalue weighted by atomic mass is 9.79. The third-order valence-electron chi connectivity index (χ3n) is 5.18.